The molecule has 2 rings (SSSR count). The van der Waals surface area contributed by atoms with Crippen molar-refractivity contribution >= 4 is 12.1 Å². The van der Waals surface area contributed by atoms with Gasteiger partial charge in [-0.05, 0) is 36.3 Å². The molecule has 0 spiro atoms. The molecule has 6 nitrogen and oxygen atoms in total. The van der Waals surface area contributed by atoms with Gasteiger partial charge in [0, 0.05) is 24.9 Å². The molecule has 27 heavy (non-hydrogen) atoms. The van der Waals surface area contributed by atoms with Gasteiger partial charge in [-0.15, -0.1) is 0 Å². The van der Waals surface area contributed by atoms with Gasteiger partial charge in [-0.2, -0.15) is 23.8 Å². The molecule has 0 atom stereocenters. The Kier molecular flexibility index (Phi) is 6.75. The molecule has 1 amide bonds. The lowest BCUT2D eigenvalue weighted by molar-refractivity contribution is -0.119. The van der Waals surface area contributed by atoms with Crippen molar-refractivity contribution in [3.05, 3.63) is 64.9 Å². The summed E-state index contributed by atoms with van der Waals surface area (Å²) < 4.78 is 38.2. The monoisotopic (exact) mass is 379 g/mol. The third-order valence-corrected chi connectivity index (χ3v) is 3.86. The predicted molar refractivity (Wildman–Crippen MR) is 96.3 cm³/mol. The standard InChI is InChI=1S/C18H20F3N5O/c1-13-10-14(6-9-17(13)22-2)11-23-24-25-26(12-27)16-5-3-4-15(7-8-16)18(19,20)21/h3-4,6-10,12,22H,5,11H2,1-2H3,(H,23,25). The summed E-state index contributed by atoms with van der Waals surface area (Å²) in [6, 6.07) is 5.79. The SMILES string of the molecule is CNc1ccc(CN=NNN(C=O)C2=CC=C(C(F)(F)F)C=CC2)cc1C. The van der Waals surface area contributed by atoms with Gasteiger partial charge < -0.3 is 5.32 Å². The summed E-state index contributed by atoms with van der Waals surface area (Å²) in [4.78, 5) is 11.2. The molecule has 0 aliphatic heterocycles. The summed E-state index contributed by atoms with van der Waals surface area (Å²) >= 11 is 0. The maximum absolute atomic E-state index is 12.7. The van der Waals surface area contributed by atoms with Gasteiger partial charge in [-0.25, -0.2) is 5.01 Å². The van der Waals surface area contributed by atoms with Crippen molar-refractivity contribution < 1.29 is 18.0 Å². The smallest absolute Gasteiger partial charge is 0.388 e. The van der Waals surface area contributed by atoms with Crippen LogP contribution in [0.4, 0.5) is 18.9 Å². The molecule has 0 unspecified atom stereocenters. The molecule has 0 heterocycles. The summed E-state index contributed by atoms with van der Waals surface area (Å²) in [5.74, 6) is 0. The normalized spacial score (nSPS) is 14.4. The second-order valence-corrected chi connectivity index (χ2v) is 5.76. The average molecular weight is 379 g/mol. The maximum Gasteiger partial charge on any atom is 0.416 e. The lowest BCUT2D eigenvalue weighted by Gasteiger charge is -2.17. The Hall–Kier alpha value is -3.10. The summed E-state index contributed by atoms with van der Waals surface area (Å²) in [5, 5.41) is 11.7. The van der Waals surface area contributed by atoms with E-state index in [0.29, 0.717) is 18.7 Å². The molecule has 0 saturated heterocycles. The van der Waals surface area contributed by atoms with E-state index in [4.69, 9.17) is 0 Å². The number of allylic oxidation sites excluding steroid dienone is 5. The van der Waals surface area contributed by atoms with Crippen LogP contribution in [0.5, 0.6) is 0 Å². The van der Waals surface area contributed by atoms with Gasteiger partial charge in [-0.3, -0.25) is 4.79 Å². The third-order valence-electron chi connectivity index (χ3n) is 3.86. The van der Waals surface area contributed by atoms with Gasteiger partial charge in [-0.1, -0.05) is 29.5 Å². The van der Waals surface area contributed by atoms with Crippen molar-refractivity contribution in [2.75, 3.05) is 12.4 Å². The highest BCUT2D eigenvalue weighted by atomic mass is 19.4. The van der Waals surface area contributed by atoms with Gasteiger partial charge in [0.2, 0.25) is 6.41 Å². The van der Waals surface area contributed by atoms with Crippen LogP contribution in [0.1, 0.15) is 17.5 Å². The molecule has 1 aromatic rings. The predicted octanol–water partition coefficient (Wildman–Crippen LogP) is 4.20. The number of rotatable bonds is 7. The Morgan fingerprint density at radius 2 is 2.07 bits per heavy atom. The highest BCUT2D eigenvalue weighted by Gasteiger charge is 2.31. The van der Waals surface area contributed by atoms with Crippen molar-refractivity contribution in [2.24, 2.45) is 10.3 Å². The van der Waals surface area contributed by atoms with Gasteiger partial charge in [0.05, 0.1) is 12.1 Å². The first-order chi connectivity index (χ1) is 12.8. The number of hydrogen-bond acceptors (Lipinski definition) is 4. The molecule has 1 aromatic carbocycles. The topological polar surface area (TPSA) is 69.1 Å². The summed E-state index contributed by atoms with van der Waals surface area (Å²) in [6.45, 7) is 2.26. The number of halogens is 3. The van der Waals surface area contributed by atoms with Crippen LogP contribution in [0.3, 0.4) is 0 Å². The number of nitrogens with one attached hydrogen (secondary N) is 2. The van der Waals surface area contributed by atoms with E-state index in [-0.39, 0.29) is 6.42 Å². The Bertz CT molecular complexity index is 797. The van der Waals surface area contributed by atoms with Crippen LogP contribution in [0.15, 0.2) is 64.1 Å². The zero-order chi connectivity index (χ0) is 19.9. The Morgan fingerprint density at radius 3 is 2.70 bits per heavy atom. The van der Waals surface area contributed by atoms with Crippen LogP contribution in [-0.4, -0.2) is 24.6 Å². The van der Waals surface area contributed by atoms with E-state index in [1.54, 1.807) is 0 Å². The summed E-state index contributed by atoms with van der Waals surface area (Å²) in [5.41, 5.74) is 4.97. The van der Waals surface area contributed by atoms with Crippen LogP contribution >= 0.6 is 0 Å². The van der Waals surface area contributed by atoms with E-state index in [1.807, 2.05) is 32.2 Å². The molecule has 1 aliphatic rings. The molecule has 0 fully saturated rings. The third kappa shape index (κ3) is 5.70. The number of carbonyl (C=O) groups excluding carboxylic acids is 1. The largest absolute Gasteiger partial charge is 0.416 e. The Morgan fingerprint density at radius 1 is 1.30 bits per heavy atom. The fraction of sp³-hybridized carbons (Fsp3) is 0.278. The molecule has 9 heteroatoms. The van der Waals surface area contributed by atoms with Crippen LogP contribution in [-0.2, 0) is 11.3 Å². The maximum atomic E-state index is 12.7. The minimum Gasteiger partial charge on any atom is -0.388 e. The highest BCUT2D eigenvalue weighted by Crippen LogP contribution is 2.28. The second-order valence-electron chi connectivity index (χ2n) is 5.76. The Labute approximate surface area is 155 Å². The fourth-order valence-corrected chi connectivity index (χ4v) is 2.44. The molecule has 1 aliphatic carbocycles. The number of benzene rings is 1. The zero-order valence-corrected chi connectivity index (χ0v) is 14.9. The number of carbonyl (C=O) groups is 1. The zero-order valence-electron chi connectivity index (χ0n) is 14.9. The van der Waals surface area contributed by atoms with Crippen LogP contribution in [0, 0.1) is 6.92 Å². The van der Waals surface area contributed by atoms with Crippen molar-refractivity contribution in [3.8, 4) is 0 Å². The molecule has 0 radical (unpaired) electrons. The first-order valence-corrected chi connectivity index (χ1v) is 8.13. The van der Waals surface area contributed by atoms with E-state index < -0.39 is 11.7 Å². The molecule has 0 bridgehead atoms. The van der Waals surface area contributed by atoms with E-state index in [0.717, 1.165) is 34.0 Å². The van der Waals surface area contributed by atoms with E-state index in [2.05, 4.69) is 21.2 Å². The van der Waals surface area contributed by atoms with Crippen LogP contribution in [0.2, 0.25) is 0 Å². The van der Waals surface area contributed by atoms with E-state index in [9.17, 15) is 18.0 Å². The molecule has 0 saturated carbocycles. The van der Waals surface area contributed by atoms with Gasteiger partial charge in [0.25, 0.3) is 0 Å². The van der Waals surface area contributed by atoms with Crippen LogP contribution in [0.25, 0.3) is 0 Å². The lowest BCUT2D eigenvalue weighted by atomic mass is 10.1. The molecular formula is C18H20F3N5O. The fourth-order valence-electron chi connectivity index (χ4n) is 2.44. The Balaban J connectivity index is 1.99. The van der Waals surface area contributed by atoms with Crippen molar-refractivity contribution in [1.82, 2.24) is 10.5 Å². The van der Waals surface area contributed by atoms with Gasteiger partial charge in [0.15, 0.2) is 0 Å². The molecule has 144 valence electrons. The number of alkyl halides is 3. The summed E-state index contributed by atoms with van der Waals surface area (Å²) in [6.07, 6.45) is 0.576. The number of nitrogens with zero attached hydrogens (tertiary/aromatic N) is 3. The number of anilines is 1. The van der Waals surface area contributed by atoms with E-state index in [1.165, 1.54) is 12.2 Å². The first kappa shape index (κ1) is 20.2. The first-order valence-electron chi connectivity index (χ1n) is 8.13. The van der Waals surface area contributed by atoms with Crippen LogP contribution < -0.4 is 10.9 Å². The van der Waals surface area contributed by atoms with Gasteiger partial charge >= 0.3 is 6.18 Å². The average Bonchev–Trinajstić information content (AvgIpc) is 2.88. The van der Waals surface area contributed by atoms with Crippen molar-refractivity contribution in [1.29, 1.82) is 0 Å². The van der Waals surface area contributed by atoms with Crippen molar-refractivity contribution in [2.45, 2.75) is 26.1 Å². The molecule has 2 N–H and O–H groups in total. The minimum atomic E-state index is -4.44. The summed E-state index contributed by atoms with van der Waals surface area (Å²) in [7, 11) is 1.84. The van der Waals surface area contributed by atoms with E-state index >= 15 is 0 Å². The van der Waals surface area contributed by atoms with Gasteiger partial charge in [0.1, 0.15) is 0 Å². The minimum absolute atomic E-state index is 0.141. The lowest BCUT2D eigenvalue weighted by Crippen LogP contribution is -2.31. The number of hydrogen-bond donors (Lipinski definition) is 2. The highest BCUT2D eigenvalue weighted by molar-refractivity contribution is 5.52. The number of amides is 1. The van der Waals surface area contributed by atoms with Crippen molar-refractivity contribution in [3.63, 3.8) is 0 Å². The molecule has 0 aromatic heterocycles. The molecular weight excluding hydrogens is 359 g/mol. The number of hydrazine groups is 1. The quantitative estimate of drug-likeness (QED) is 0.424. The number of aryl methyl sites for hydroxylation is 1. The second kappa shape index (κ2) is 9.02.